The average molecular weight is 198 g/mol. The van der Waals surface area contributed by atoms with Crippen LogP contribution in [0.4, 0.5) is 0 Å². The Morgan fingerprint density at radius 3 is 2.79 bits per heavy atom. The number of aliphatic hydroxyl groups is 1. The molecule has 80 valence electrons. The highest BCUT2D eigenvalue weighted by atomic mass is 16.3. The van der Waals surface area contributed by atoms with Gasteiger partial charge in [0.1, 0.15) is 0 Å². The molecule has 1 amide bonds. The number of aliphatic hydroxyl groups excluding tert-OH is 1. The third-order valence-corrected chi connectivity index (χ3v) is 3.14. The van der Waals surface area contributed by atoms with Crippen molar-refractivity contribution >= 4 is 5.91 Å². The molecule has 0 aromatic heterocycles. The third-order valence-electron chi connectivity index (χ3n) is 3.14. The van der Waals surface area contributed by atoms with Crippen LogP contribution < -0.4 is 5.32 Å². The maximum Gasteiger partial charge on any atom is 0.239 e. The molecule has 4 heteroatoms. The van der Waals surface area contributed by atoms with Gasteiger partial charge in [-0.25, -0.2) is 0 Å². The second-order valence-electron chi connectivity index (χ2n) is 4.29. The first-order valence-electron chi connectivity index (χ1n) is 5.44. The maximum absolute atomic E-state index is 11.8. The van der Waals surface area contributed by atoms with Crippen LogP contribution in [0.25, 0.3) is 0 Å². The van der Waals surface area contributed by atoms with E-state index in [0.717, 1.165) is 32.5 Å². The van der Waals surface area contributed by atoms with Gasteiger partial charge in [0.15, 0.2) is 0 Å². The summed E-state index contributed by atoms with van der Waals surface area (Å²) in [6.45, 7) is 2.66. The predicted molar refractivity (Wildman–Crippen MR) is 52.8 cm³/mol. The topological polar surface area (TPSA) is 52.6 Å². The van der Waals surface area contributed by atoms with Crippen LogP contribution in [0.5, 0.6) is 0 Å². The van der Waals surface area contributed by atoms with E-state index in [4.69, 9.17) is 5.11 Å². The van der Waals surface area contributed by atoms with Gasteiger partial charge in [0.05, 0.1) is 6.04 Å². The summed E-state index contributed by atoms with van der Waals surface area (Å²) in [7, 11) is 0. The van der Waals surface area contributed by atoms with Gasteiger partial charge in [-0.3, -0.25) is 4.79 Å². The average Bonchev–Trinajstić information content (AvgIpc) is 2.17. The van der Waals surface area contributed by atoms with E-state index in [1.165, 1.54) is 6.42 Å². The van der Waals surface area contributed by atoms with Gasteiger partial charge in [0.25, 0.3) is 0 Å². The molecule has 0 aliphatic carbocycles. The molecule has 2 aliphatic heterocycles. The van der Waals surface area contributed by atoms with Gasteiger partial charge in [-0.15, -0.1) is 0 Å². The molecule has 2 aliphatic rings. The van der Waals surface area contributed by atoms with Gasteiger partial charge < -0.3 is 15.3 Å². The van der Waals surface area contributed by atoms with E-state index < -0.39 is 0 Å². The first kappa shape index (κ1) is 9.93. The summed E-state index contributed by atoms with van der Waals surface area (Å²) in [6, 6.07) is 0.0448. The number of piperidine rings is 1. The molecule has 2 saturated heterocycles. The summed E-state index contributed by atoms with van der Waals surface area (Å²) in [6.07, 6.45) is 3.31. The Hall–Kier alpha value is -0.610. The van der Waals surface area contributed by atoms with E-state index in [-0.39, 0.29) is 18.6 Å². The van der Waals surface area contributed by atoms with E-state index in [0.29, 0.717) is 5.92 Å². The van der Waals surface area contributed by atoms with E-state index in [9.17, 15) is 4.79 Å². The predicted octanol–water partition coefficient (Wildman–Crippen LogP) is -0.421. The minimum atomic E-state index is 0.0448. The van der Waals surface area contributed by atoms with Crippen molar-refractivity contribution in [3.63, 3.8) is 0 Å². The lowest BCUT2D eigenvalue weighted by Gasteiger charge is -2.41. The Kier molecular flexibility index (Phi) is 3.03. The van der Waals surface area contributed by atoms with Crippen molar-refractivity contribution in [2.45, 2.75) is 25.3 Å². The lowest BCUT2D eigenvalue weighted by molar-refractivity contribution is -0.141. The Morgan fingerprint density at radius 2 is 2.21 bits per heavy atom. The van der Waals surface area contributed by atoms with Crippen molar-refractivity contribution in [1.82, 2.24) is 10.2 Å². The molecule has 0 aromatic rings. The second kappa shape index (κ2) is 4.28. The standard InChI is InChI=1S/C10H18N2O2/c13-7-8-5-12(6-8)10(14)9-3-1-2-4-11-9/h8-9,11,13H,1-7H2/t9-/m0/s1. The zero-order valence-corrected chi connectivity index (χ0v) is 8.41. The monoisotopic (exact) mass is 198 g/mol. The van der Waals surface area contributed by atoms with Crippen LogP contribution in [-0.4, -0.2) is 48.2 Å². The van der Waals surface area contributed by atoms with Crippen molar-refractivity contribution in [3.8, 4) is 0 Å². The number of rotatable bonds is 2. The molecular formula is C10H18N2O2. The Balaban J connectivity index is 1.78. The molecule has 2 heterocycles. The second-order valence-corrected chi connectivity index (χ2v) is 4.29. The number of nitrogens with one attached hydrogen (secondary N) is 1. The van der Waals surface area contributed by atoms with Crippen LogP contribution in [0.2, 0.25) is 0 Å². The Bertz CT molecular complexity index is 208. The molecular weight excluding hydrogens is 180 g/mol. The van der Waals surface area contributed by atoms with Gasteiger partial charge in [-0.05, 0) is 19.4 Å². The minimum absolute atomic E-state index is 0.0448. The highest BCUT2D eigenvalue weighted by Gasteiger charge is 2.34. The van der Waals surface area contributed by atoms with E-state index in [1.54, 1.807) is 0 Å². The smallest absolute Gasteiger partial charge is 0.239 e. The summed E-state index contributed by atoms with van der Waals surface area (Å²) in [5.41, 5.74) is 0. The normalized spacial score (nSPS) is 28.6. The summed E-state index contributed by atoms with van der Waals surface area (Å²) in [5, 5.41) is 12.1. The largest absolute Gasteiger partial charge is 0.396 e. The molecule has 0 unspecified atom stereocenters. The molecule has 2 rings (SSSR count). The number of likely N-dealkylation sites (tertiary alicyclic amines) is 1. The van der Waals surface area contributed by atoms with Crippen LogP contribution >= 0.6 is 0 Å². The van der Waals surface area contributed by atoms with Crippen LogP contribution in [0, 0.1) is 5.92 Å². The maximum atomic E-state index is 11.8. The zero-order chi connectivity index (χ0) is 9.97. The van der Waals surface area contributed by atoms with Crippen LogP contribution in [0.3, 0.4) is 0 Å². The molecule has 0 saturated carbocycles. The van der Waals surface area contributed by atoms with Gasteiger partial charge >= 0.3 is 0 Å². The number of nitrogens with zero attached hydrogens (tertiary/aromatic N) is 1. The minimum Gasteiger partial charge on any atom is -0.396 e. The van der Waals surface area contributed by atoms with Gasteiger partial charge in [0, 0.05) is 25.6 Å². The Labute approximate surface area is 84.3 Å². The quantitative estimate of drug-likeness (QED) is 0.633. The van der Waals surface area contributed by atoms with Crippen LogP contribution in [-0.2, 0) is 4.79 Å². The molecule has 4 nitrogen and oxygen atoms in total. The molecule has 2 N–H and O–H groups in total. The summed E-state index contributed by atoms with van der Waals surface area (Å²) in [5.74, 6) is 0.553. The van der Waals surface area contributed by atoms with Crippen molar-refractivity contribution in [2.24, 2.45) is 5.92 Å². The van der Waals surface area contributed by atoms with Crippen molar-refractivity contribution in [1.29, 1.82) is 0 Å². The lowest BCUT2D eigenvalue weighted by Crippen LogP contribution is -2.57. The molecule has 1 atom stereocenters. The molecule has 0 aromatic carbocycles. The number of amides is 1. The van der Waals surface area contributed by atoms with E-state index in [1.807, 2.05) is 4.90 Å². The number of carbonyl (C=O) groups excluding carboxylic acids is 1. The molecule has 0 spiro atoms. The zero-order valence-electron chi connectivity index (χ0n) is 8.41. The van der Waals surface area contributed by atoms with Crippen molar-refractivity contribution in [3.05, 3.63) is 0 Å². The Morgan fingerprint density at radius 1 is 1.43 bits per heavy atom. The summed E-state index contributed by atoms with van der Waals surface area (Å²) in [4.78, 5) is 13.7. The van der Waals surface area contributed by atoms with Crippen molar-refractivity contribution < 1.29 is 9.90 Å². The van der Waals surface area contributed by atoms with Gasteiger partial charge in [-0.2, -0.15) is 0 Å². The number of hydrogen-bond donors (Lipinski definition) is 2. The van der Waals surface area contributed by atoms with Crippen molar-refractivity contribution in [2.75, 3.05) is 26.2 Å². The third kappa shape index (κ3) is 1.91. The first-order valence-corrected chi connectivity index (χ1v) is 5.44. The number of hydrogen-bond acceptors (Lipinski definition) is 3. The summed E-state index contributed by atoms with van der Waals surface area (Å²) < 4.78 is 0. The van der Waals surface area contributed by atoms with E-state index >= 15 is 0 Å². The van der Waals surface area contributed by atoms with Crippen LogP contribution in [0.1, 0.15) is 19.3 Å². The first-order chi connectivity index (χ1) is 6.81. The van der Waals surface area contributed by atoms with Gasteiger partial charge in [-0.1, -0.05) is 6.42 Å². The van der Waals surface area contributed by atoms with Crippen LogP contribution in [0.15, 0.2) is 0 Å². The fourth-order valence-corrected chi connectivity index (χ4v) is 2.15. The summed E-state index contributed by atoms with van der Waals surface area (Å²) >= 11 is 0. The lowest BCUT2D eigenvalue weighted by atomic mass is 9.97. The fraction of sp³-hybridized carbons (Fsp3) is 0.900. The molecule has 0 bridgehead atoms. The molecule has 0 radical (unpaired) electrons. The highest BCUT2D eigenvalue weighted by molar-refractivity contribution is 5.82. The molecule has 2 fully saturated rings. The highest BCUT2D eigenvalue weighted by Crippen LogP contribution is 2.18. The SMILES string of the molecule is O=C([C@@H]1CCCCN1)N1CC(CO)C1. The molecule has 14 heavy (non-hydrogen) atoms. The van der Waals surface area contributed by atoms with Gasteiger partial charge in [0.2, 0.25) is 5.91 Å². The number of carbonyl (C=O) groups is 1. The fourth-order valence-electron chi connectivity index (χ4n) is 2.15. The van der Waals surface area contributed by atoms with E-state index in [2.05, 4.69) is 5.32 Å².